The molecule has 3 aliphatic rings. The number of nitrogen functional groups attached to an aromatic ring is 1. The highest BCUT2D eigenvalue weighted by Crippen LogP contribution is 2.45. The van der Waals surface area contributed by atoms with Crippen LogP contribution >= 0.6 is 23.1 Å². The molecule has 0 aliphatic carbocycles. The number of nitrogens with two attached hydrogens (primary N) is 1. The maximum atomic E-state index is 14.3. The minimum atomic E-state index is -1.36. The second-order valence-corrected chi connectivity index (χ2v) is 14.8. The van der Waals surface area contributed by atoms with Crippen LogP contribution in [0.3, 0.4) is 0 Å². The molecule has 56 heavy (non-hydrogen) atoms. The Hall–Kier alpha value is -6.65. The van der Waals surface area contributed by atoms with Crippen LogP contribution in [0.15, 0.2) is 137 Å². The Kier molecular flexibility index (Phi) is 9.88. The third kappa shape index (κ3) is 6.47. The van der Waals surface area contributed by atoms with Crippen LogP contribution in [0.1, 0.15) is 34.5 Å². The smallest absolute Gasteiger partial charge is 0.352 e. The Balaban J connectivity index is 1.16. The quantitative estimate of drug-likeness (QED) is 0.0497. The first-order valence-electron chi connectivity index (χ1n) is 17.4. The van der Waals surface area contributed by atoms with E-state index in [0.717, 1.165) is 32.9 Å². The molecule has 0 radical (unpaired) electrons. The fourth-order valence-electron chi connectivity index (χ4n) is 7.09. The lowest BCUT2D eigenvalue weighted by Gasteiger charge is -2.49. The van der Waals surface area contributed by atoms with Crippen LogP contribution in [0.5, 0.6) is 0 Å². The number of oxime groups is 1. The van der Waals surface area contributed by atoms with E-state index in [-0.39, 0.29) is 39.5 Å². The molecular weight excluding hydrogens is 753 g/mol. The van der Waals surface area contributed by atoms with Crippen molar-refractivity contribution in [1.29, 1.82) is 0 Å². The number of thiazole rings is 1. The van der Waals surface area contributed by atoms with Gasteiger partial charge >= 0.3 is 5.97 Å². The van der Waals surface area contributed by atoms with Crippen molar-refractivity contribution >= 4 is 63.2 Å². The number of nitrogens with zero attached hydrogens (tertiary/aromatic N) is 5. The number of carboxylic acid groups (broad SMARTS) is 1. The molecule has 8 rings (SSSR count). The molecule has 14 nitrogen and oxygen atoms in total. The molecule has 3 aliphatic heterocycles. The summed E-state index contributed by atoms with van der Waals surface area (Å²) < 4.78 is 0. The number of rotatable bonds is 11. The van der Waals surface area contributed by atoms with E-state index >= 15 is 0 Å². The third-order valence-electron chi connectivity index (χ3n) is 9.61. The number of fused-ring (bicyclic) bond motifs is 1. The van der Waals surface area contributed by atoms with Gasteiger partial charge in [0.15, 0.2) is 10.8 Å². The molecule has 3 aromatic carbocycles. The Labute approximate surface area is 328 Å². The lowest BCUT2D eigenvalue weighted by atomic mass is 9.80. The van der Waals surface area contributed by atoms with Crippen molar-refractivity contribution in [1.82, 2.24) is 30.5 Å². The number of aliphatic carboxylic acids is 1. The second-order valence-electron chi connectivity index (χ2n) is 12.8. The number of anilines is 1. The first-order chi connectivity index (χ1) is 27.3. The zero-order chi connectivity index (χ0) is 38.8. The van der Waals surface area contributed by atoms with Gasteiger partial charge in [-0.15, -0.1) is 23.1 Å². The van der Waals surface area contributed by atoms with Gasteiger partial charge in [-0.2, -0.15) is 0 Å². The standard InChI is InChI=1S/C40H32N8O6S2/c41-39-45-29(22-56-39)31(47-54-40(23-10-4-1-5-11-23,24-12-6-2-7-13-24)25-14-8-3-9-15-25)35(50)46-32-36(51)48-33(38(52)53)27(21-55-37(32)48)30(26-16-17-44-34(26)49)28-20-42-18-19-43-28/h1-15,18-20,22,32,37H,16-17,21H2,(H2,41,45)(H,44,49)(H,46,50)(H,52,53)/t32-,37-/m1/s1. The SMILES string of the molecule is Nc1nc(C(=NOC(c2ccccc2)(c2ccccc2)c2ccccc2)C(=O)N[C@@H]2C(=O)N3C(C(=O)O)=C(C(=C4CCNC4=O)c4cnccn4)CS[C@H]23)cs1. The van der Waals surface area contributed by atoms with Gasteiger partial charge in [-0.1, -0.05) is 96.2 Å². The van der Waals surface area contributed by atoms with E-state index in [9.17, 15) is 24.3 Å². The number of amides is 3. The summed E-state index contributed by atoms with van der Waals surface area (Å²) in [6.07, 6.45) is 4.71. The molecule has 5 aromatic rings. The van der Waals surface area contributed by atoms with Crippen molar-refractivity contribution in [3.05, 3.63) is 160 Å². The number of nitrogens with one attached hydrogen (secondary N) is 2. The molecule has 3 amide bonds. The number of carboxylic acids is 1. The molecule has 0 unspecified atom stereocenters. The normalized spacial score (nSPS) is 19.1. The average molecular weight is 785 g/mol. The number of hydrogen-bond donors (Lipinski definition) is 4. The minimum Gasteiger partial charge on any atom is -0.477 e. The van der Waals surface area contributed by atoms with Gasteiger partial charge in [-0.25, -0.2) is 9.78 Å². The monoisotopic (exact) mass is 784 g/mol. The highest BCUT2D eigenvalue weighted by Gasteiger charge is 2.55. The van der Waals surface area contributed by atoms with Crippen LogP contribution in [0.2, 0.25) is 0 Å². The number of thioether (sulfide) groups is 1. The summed E-state index contributed by atoms with van der Waals surface area (Å²) in [5.74, 6) is -3.05. The summed E-state index contributed by atoms with van der Waals surface area (Å²) in [5, 5.41) is 21.5. The number of hydrogen-bond acceptors (Lipinski definition) is 12. The van der Waals surface area contributed by atoms with Crippen molar-refractivity contribution < 1.29 is 29.1 Å². The molecule has 2 atom stereocenters. The van der Waals surface area contributed by atoms with Crippen molar-refractivity contribution in [2.24, 2.45) is 5.16 Å². The van der Waals surface area contributed by atoms with E-state index in [1.54, 1.807) is 5.38 Å². The van der Waals surface area contributed by atoms with E-state index in [1.807, 2.05) is 91.0 Å². The molecule has 2 saturated heterocycles. The van der Waals surface area contributed by atoms with Crippen LogP contribution in [0, 0.1) is 0 Å². The zero-order valence-corrected chi connectivity index (χ0v) is 31.0. The first kappa shape index (κ1) is 36.3. The predicted molar refractivity (Wildman–Crippen MR) is 210 cm³/mol. The fourth-order valence-corrected chi connectivity index (χ4v) is 8.99. The first-order valence-corrected chi connectivity index (χ1v) is 19.3. The summed E-state index contributed by atoms with van der Waals surface area (Å²) in [5.41, 5.74) is 7.72. The van der Waals surface area contributed by atoms with Crippen molar-refractivity contribution in [3.8, 4) is 0 Å². The van der Waals surface area contributed by atoms with E-state index in [2.05, 4.69) is 30.7 Å². The van der Waals surface area contributed by atoms with Gasteiger partial charge in [-0.05, 0) is 6.42 Å². The summed E-state index contributed by atoms with van der Waals surface area (Å²) in [4.78, 5) is 74.6. The van der Waals surface area contributed by atoms with Gasteiger partial charge in [-0.3, -0.25) is 29.3 Å². The Morgan fingerprint density at radius 2 is 1.59 bits per heavy atom. The number of benzene rings is 3. The van der Waals surface area contributed by atoms with Crippen molar-refractivity contribution in [2.45, 2.75) is 23.4 Å². The van der Waals surface area contributed by atoms with Gasteiger partial charge < -0.3 is 26.3 Å². The highest BCUT2D eigenvalue weighted by atomic mass is 32.2. The third-order valence-corrected chi connectivity index (χ3v) is 11.6. The number of carbonyl (C=O) groups excluding carboxylic acids is 3. The highest BCUT2D eigenvalue weighted by molar-refractivity contribution is 8.00. The average Bonchev–Trinajstić information content (AvgIpc) is 3.87. The number of β-lactam (4-membered cyclic amide) rings is 1. The van der Waals surface area contributed by atoms with Crippen LogP contribution in [0.4, 0.5) is 5.13 Å². The molecule has 280 valence electrons. The minimum absolute atomic E-state index is 0.103. The van der Waals surface area contributed by atoms with Crippen LogP contribution in [-0.2, 0) is 29.6 Å². The number of allylic oxidation sites excluding steroid dienone is 1. The van der Waals surface area contributed by atoms with E-state index in [0.29, 0.717) is 29.8 Å². The number of aromatic nitrogens is 3. The van der Waals surface area contributed by atoms with E-state index < -0.39 is 34.8 Å². The zero-order valence-electron chi connectivity index (χ0n) is 29.4. The molecule has 0 bridgehead atoms. The molecular formula is C40H32N8O6S2. The van der Waals surface area contributed by atoms with Gasteiger partial charge in [0.05, 0.1) is 11.9 Å². The molecule has 5 heterocycles. The van der Waals surface area contributed by atoms with Crippen LogP contribution < -0.4 is 16.4 Å². The van der Waals surface area contributed by atoms with Crippen molar-refractivity contribution in [3.63, 3.8) is 0 Å². The second kappa shape index (κ2) is 15.2. The molecule has 16 heteroatoms. The fraction of sp³-hybridized carbons (Fsp3) is 0.150. The van der Waals surface area contributed by atoms with Gasteiger partial charge in [0.2, 0.25) is 11.5 Å². The maximum Gasteiger partial charge on any atom is 0.352 e. The van der Waals surface area contributed by atoms with Gasteiger partial charge in [0.25, 0.3) is 11.8 Å². The van der Waals surface area contributed by atoms with Gasteiger partial charge in [0, 0.05) is 63.5 Å². The maximum absolute atomic E-state index is 14.3. The van der Waals surface area contributed by atoms with E-state index in [1.165, 1.54) is 30.4 Å². The van der Waals surface area contributed by atoms with E-state index in [4.69, 9.17) is 10.6 Å². The molecule has 0 saturated carbocycles. The molecule has 0 spiro atoms. The summed E-state index contributed by atoms with van der Waals surface area (Å²) in [6.45, 7) is 0.377. The van der Waals surface area contributed by atoms with Crippen LogP contribution in [-0.4, -0.2) is 78.1 Å². The van der Waals surface area contributed by atoms with Gasteiger partial charge in [0.1, 0.15) is 22.8 Å². The Morgan fingerprint density at radius 3 is 2.11 bits per heavy atom. The molecule has 2 fully saturated rings. The Bertz CT molecular complexity index is 2330. The van der Waals surface area contributed by atoms with Crippen LogP contribution in [0.25, 0.3) is 5.57 Å². The lowest BCUT2D eigenvalue weighted by molar-refractivity contribution is -0.150. The predicted octanol–water partition coefficient (Wildman–Crippen LogP) is 3.94. The van der Waals surface area contributed by atoms with Crippen molar-refractivity contribution in [2.75, 3.05) is 18.0 Å². The summed E-state index contributed by atoms with van der Waals surface area (Å²) in [7, 11) is 0. The molecule has 5 N–H and O–H groups in total. The summed E-state index contributed by atoms with van der Waals surface area (Å²) >= 11 is 2.35. The topological polar surface area (TPSA) is 202 Å². The lowest BCUT2D eigenvalue weighted by Crippen LogP contribution is -2.71. The molecule has 2 aromatic heterocycles. The number of carbonyl (C=O) groups is 4. The summed E-state index contributed by atoms with van der Waals surface area (Å²) in [6, 6.07) is 27.3. The largest absolute Gasteiger partial charge is 0.477 e. The Morgan fingerprint density at radius 1 is 0.946 bits per heavy atom.